The van der Waals surface area contributed by atoms with E-state index in [1.54, 1.807) is 19.2 Å². The first kappa shape index (κ1) is 19.8. The lowest BCUT2D eigenvalue weighted by Crippen LogP contribution is -2.41. The zero-order valence-corrected chi connectivity index (χ0v) is 15.6. The molecule has 1 aromatic carbocycles. The van der Waals surface area contributed by atoms with E-state index in [1.165, 1.54) is 37.0 Å². The second kappa shape index (κ2) is 9.23. The van der Waals surface area contributed by atoms with E-state index in [4.69, 9.17) is 10.5 Å². The van der Waals surface area contributed by atoms with Crippen molar-refractivity contribution in [2.75, 3.05) is 13.7 Å². The Balaban J connectivity index is 2.18. The van der Waals surface area contributed by atoms with E-state index in [1.807, 2.05) is 19.1 Å². The van der Waals surface area contributed by atoms with Gasteiger partial charge >= 0.3 is 0 Å². The number of hydrogen-bond donors (Lipinski definition) is 1. The number of hydrogen-bond acceptors (Lipinski definition) is 4. The number of aliphatic imine (C=N–C) groups is 1. The Kier molecular flexibility index (Phi) is 7.02. The molecule has 0 radical (unpaired) electrons. The van der Waals surface area contributed by atoms with Crippen LogP contribution in [-0.2, 0) is 4.79 Å². The lowest BCUT2D eigenvalue weighted by molar-refractivity contribution is -0.114. The average Bonchev–Trinajstić information content (AvgIpc) is 2.66. The molecule has 0 saturated heterocycles. The molecule has 1 unspecified atom stereocenters. The zero-order valence-electron chi connectivity index (χ0n) is 15.6. The maximum Gasteiger partial charge on any atom is 0.216 e. The first-order valence-electron chi connectivity index (χ1n) is 9.13. The molecule has 26 heavy (non-hydrogen) atoms. The molecule has 0 spiro atoms. The van der Waals surface area contributed by atoms with Crippen molar-refractivity contribution in [3.05, 3.63) is 29.8 Å². The third-order valence-electron chi connectivity index (χ3n) is 4.90. The molecule has 1 saturated carbocycles. The van der Waals surface area contributed by atoms with Gasteiger partial charge in [0.05, 0.1) is 11.1 Å². The second-order valence-corrected chi connectivity index (χ2v) is 7.29. The van der Waals surface area contributed by atoms with Crippen LogP contribution < -0.4 is 10.5 Å². The molecule has 1 fully saturated rings. The Hall–Kier alpha value is -2.55. The first-order chi connectivity index (χ1) is 12.5. The summed E-state index contributed by atoms with van der Waals surface area (Å²) >= 11 is 0. The van der Waals surface area contributed by atoms with Crippen LogP contribution in [0.3, 0.4) is 0 Å². The highest BCUT2D eigenvalue weighted by Crippen LogP contribution is 2.33. The van der Waals surface area contributed by atoms with Crippen molar-refractivity contribution < 1.29 is 9.53 Å². The van der Waals surface area contributed by atoms with Crippen molar-refractivity contribution in [2.45, 2.75) is 51.0 Å². The SMILES string of the molecule is CN(C=O)C(N)=NC(C)(COc1ccccc1C#N)CC1CCCCC1. The molecule has 6 nitrogen and oxygen atoms in total. The summed E-state index contributed by atoms with van der Waals surface area (Å²) in [5.41, 5.74) is 5.91. The molecule has 140 valence electrons. The van der Waals surface area contributed by atoms with Gasteiger partial charge in [-0.05, 0) is 31.4 Å². The topological polar surface area (TPSA) is 91.7 Å². The average molecular weight is 356 g/mol. The molecule has 1 aliphatic rings. The van der Waals surface area contributed by atoms with Gasteiger partial charge in [-0.2, -0.15) is 5.26 Å². The number of carbonyl (C=O) groups excluding carboxylic acids is 1. The summed E-state index contributed by atoms with van der Waals surface area (Å²) in [4.78, 5) is 16.9. The molecular formula is C20H28N4O2. The number of benzene rings is 1. The van der Waals surface area contributed by atoms with Gasteiger partial charge in [0, 0.05) is 7.05 Å². The number of rotatable bonds is 7. The molecule has 2 rings (SSSR count). The van der Waals surface area contributed by atoms with Crippen molar-refractivity contribution in [1.82, 2.24) is 4.90 Å². The molecule has 2 N–H and O–H groups in total. The van der Waals surface area contributed by atoms with E-state index in [0.29, 0.717) is 30.2 Å². The number of nitrogens with zero attached hydrogens (tertiary/aromatic N) is 3. The molecule has 1 amide bonds. The molecule has 6 heteroatoms. The quantitative estimate of drug-likeness (QED) is 0.462. The van der Waals surface area contributed by atoms with Gasteiger partial charge in [0.25, 0.3) is 0 Å². The van der Waals surface area contributed by atoms with Crippen molar-refractivity contribution in [3.8, 4) is 11.8 Å². The summed E-state index contributed by atoms with van der Waals surface area (Å²) in [5, 5.41) is 9.24. The lowest BCUT2D eigenvalue weighted by atomic mass is 9.80. The van der Waals surface area contributed by atoms with Gasteiger partial charge in [-0.25, -0.2) is 4.99 Å². The summed E-state index contributed by atoms with van der Waals surface area (Å²) < 4.78 is 5.96. The van der Waals surface area contributed by atoms with Gasteiger partial charge in [-0.15, -0.1) is 0 Å². The van der Waals surface area contributed by atoms with Crippen molar-refractivity contribution >= 4 is 12.4 Å². The number of ether oxygens (including phenoxy) is 1. The summed E-state index contributed by atoms with van der Waals surface area (Å²) in [5.74, 6) is 1.29. The Morgan fingerprint density at radius 2 is 2.12 bits per heavy atom. The highest BCUT2D eigenvalue weighted by Gasteiger charge is 2.31. The van der Waals surface area contributed by atoms with Crippen molar-refractivity contribution in [3.63, 3.8) is 0 Å². The molecule has 0 bridgehead atoms. The van der Waals surface area contributed by atoms with Gasteiger partial charge in [-0.1, -0.05) is 44.2 Å². The number of guanidine groups is 1. The van der Waals surface area contributed by atoms with Crippen LogP contribution in [0, 0.1) is 17.2 Å². The van der Waals surface area contributed by atoms with Crippen LogP contribution >= 0.6 is 0 Å². The molecule has 0 aliphatic heterocycles. The van der Waals surface area contributed by atoms with Crippen molar-refractivity contribution in [2.24, 2.45) is 16.6 Å². The number of nitriles is 1. The van der Waals surface area contributed by atoms with Crippen LogP contribution in [0.5, 0.6) is 5.75 Å². The van der Waals surface area contributed by atoms with Crippen molar-refractivity contribution in [1.29, 1.82) is 5.26 Å². The molecule has 0 heterocycles. The van der Waals surface area contributed by atoms with Crippen LogP contribution in [0.25, 0.3) is 0 Å². The lowest BCUT2D eigenvalue weighted by Gasteiger charge is -2.32. The fourth-order valence-electron chi connectivity index (χ4n) is 3.48. The maximum atomic E-state index is 11.0. The van der Waals surface area contributed by atoms with Crippen LogP contribution in [0.2, 0.25) is 0 Å². The van der Waals surface area contributed by atoms with Gasteiger partial charge in [-0.3, -0.25) is 9.69 Å². The molecular weight excluding hydrogens is 328 g/mol. The summed E-state index contributed by atoms with van der Waals surface area (Å²) in [6.07, 6.45) is 7.63. The number of nitrogens with two attached hydrogens (primary N) is 1. The van der Waals surface area contributed by atoms with Crippen LogP contribution in [0.1, 0.15) is 51.0 Å². The monoisotopic (exact) mass is 356 g/mol. The number of amides is 1. The molecule has 1 aliphatic carbocycles. The Morgan fingerprint density at radius 1 is 1.42 bits per heavy atom. The first-order valence-corrected chi connectivity index (χ1v) is 9.13. The third kappa shape index (κ3) is 5.48. The number of para-hydroxylation sites is 1. The zero-order chi connectivity index (χ0) is 19.0. The minimum atomic E-state index is -0.564. The maximum absolute atomic E-state index is 11.0. The van der Waals surface area contributed by atoms with Gasteiger partial charge in [0.1, 0.15) is 18.4 Å². The van der Waals surface area contributed by atoms with E-state index >= 15 is 0 Å². The predicted molar refractivity (Wildman–Crippen MR) is 102 cm³/mol. The number of carbonyl (C=O) groups is 1. The molecule has 0 aromatic heterocycles. The van der Waals surface area contributed by atoms with E-state index < -0.39 is 5.54 Å². The Labute approximate surface area is 155 Å². The third-order valence-corrected chi connectivity index (χ3v) is 4.90. The normalized spacial score (nSPS) is 17.8. The van der Waals surface area contributed by atoms with Crippen LogP contribution in [-0.4, -0.2) is 36.5 Å². The largest absolute Gasteiger partial charge is 0.490 e. The molecule has 1 aromatic rings. The Bertz CT molecular complexity index is 677. The summed E-state index contributed by atoms with van der Waals surface area (Å²) in [6.45, 7) is 2.30. The predicted octanol–water partition coefficient (Wildman–Crippen LogP) is 3.07. The van der Waals surface area contributed by atoms with Crippen LogP contribution in [0.15, 0.2) is 29.3 Å². The smallest absolute Gasteiger partial charge is 0.216 e. The van der Waals surface area contributed by atoms with Gasteiger partial charge in [0.15, 0.2) is 5.96 Å². The second-order valence-electron chi connectivity index (χ2n) is 7.29. The fraction of sp³-hybridized carbons (Fsp3) is 0.550. The van der Waals surface area contributed by atoms with E-state index in [2.05, 4.69) is 11.1 Å². The highest BCUT2D eigenvalue weighted by atomic mass is 16.5. The summed E-state index contributed by atoms with van der Waals surface area (Å²) in [7, 11) is 1.58. The highest BCUT2D eigenvalue weighted by molar-refractivity contribution is 5.87. The van der Waals surface area contributed by atoms with Crippen LogP contribution in [0.4, 0.5) is 0 Å². The van der Waals surface area contributed by atoms with Gasteiger partial charge < -0.3 is 10.5 Å². The van der Waals surface area contributed by atoms with Gasteiger partial charge in [0.2, 0.25) is 6.41 Å². The van der Waals surface area contributed by atoms with E-state index in [-0.39, 0.29) is 5.96 Å². The van der Waals surface area contributed by atoms with E-state index in [0.717, 1.165) is 6.42 Å². The molecule has 1 atom stereocenters. The minimum Gasteiger partial charge on any atom is -0.490 e. The minimum absolute atomic E-state index is 0.176. The Morgan fingerprint density at radius 3 is 2.77 bits per heavy atom. The fourth-order valence-corrected chi connectivity index (χ4v) is 3.48. The summed E-state index contributed by atoms with van der Waals surface area (Å²) in [6, 6.07) is 9.30. The van der Waals surface area contributed by atoms with E-state index in [9.17, 15) is 10.1 Å². The standard InChI is InChI=1S/C20H28N4O2/c1-20(23-19(22)24(2)15-25,12-16-8-4-3-5-9-16)14-26-18-11-7-6-10-17(18)13-21/h6-7,10-11,15-16H,3-5,8-9,12,14H2,1-2H3,(H2,22,23).